The molecule has 24 heavy (non-hydrogen) atoms. The third kappa shape index (κ3) is 3.20. The molecule has 0 amide bonds. The summed E-state index contributed by atoms with van der Waals surface area (Å²) in [6.45, 7) is 0.148. The lowest BCUT2D eigenvalue weighted by Crippen LogP contribution is -2.23. The number of hydrogen-bond donors (Lipinski definition) is 2. The maximum atomic E-state index is 12.7. The van der Waals surface area contributed by atoms with Gasteiger partial charge in [-0.1, -0.05) is 36.4 Å². The summed E-state index contributed by atoms with van der Waals surface area (Å²) in [5, 5.41) is 10.9. The quantitative estimate of drug-likeness (QED) is 0.747. The minimum absolute atomic E-state index is 0.0531. The minimum atomic E-state index is -3.72. The SMILES string of the molecule is COc1cccc(CNS(=O)(=O)c2cccc3c(O)cccc23)c1. The van der Waals surface area contributed by atoms with E-state index in [1.54, 1.807) is 49.6 Å². The summed E-state index contributed by atoms with van der Waals surface area (Å²) in [5.41, 5.74) is 0.793. The Morgan fingerprint density at radius 1 is 1.00 bits per heavy atom. The summed E-state index contributed by atoms with van der Waals surface area (Å²) in [5.74, 6) is 0.721. The van der Waals surface area contributed by atoms with E-state index in [4.69, 9.17) is 4.74 Å². The molecule has 0 saturated carbocycles. The zero-order chi connectivity index (χ0) is 17.2. The second-order valence-corrected chi connectivity index (χ2v) is 7.04. The van der Waals surface area contributed by atoms with Crippen molar-refractivity contribution in [1.82, 2.24) is 4.72 Å². The Morgan fingerprint density at radius 3 is 2.50 bits per heavy atom. The van der Waals surface area contributed by atoms with Crippen LogP contribution in [-0.2, 0) is 16.6 Å². The summed E-state index contributed by atoms with van der Waals surface area (Å²) in [7, 11) is -2.16. The maximum absolute atomic E-state index is 12.7. The van der Waals surface area contributed by atoms with Crippen molar-refractivity contribution in [2.45, 2.75) is 11.4 Å². The average molecular weight is 343 g/mol. The Kier molecular flexibility index (Phi) is 4.42. The first-order valence-electron chi connectivity index (χ1n) is 7.34. The van der Waals surface area contributed by atoms with E-state index < -0.39 is 10.0 Å². The molecule has 3 aromatic carbocycles. The molecule has 0 aliphatic carbocycles. The fourth-order valence-electron chi connectivity index (χ4n) is 2.54. The zero-order valence-corrected chi connectivity index (χ0v) is 13.9. The molecule has 0 fully saturated rings. The van der Waals surface area contributed by atoms with Crippen LogP contribution < -0.4 is 9.46 Å². The summed E-state index contributed by atoms with van der Waals surface area (Å²) in [6, 6.07) is 16.8. The lowest BCUT2D eigenvalue weighted by molar-refractivity contribution is 0.414. The molecule has 0 atom stereocenters. The van der Waals surface area contributed by atoms with Crippen LogP contribution in [0.5, 0.6) is 11.5 Å². The molecule has 0 saturated heterocycles. The standard InChI is InChI=1S/C18H17NO4S/c1-23-14-6-2-5-13(11-14)12-19-24(21,22)18-10-4-7-15-16(18)8-3-9-17(15)20/h2-11,19-20H,12H2,1H3. The predicted molar refractivity (Wildman–Crippen MR) is 92.6 cm³/mol. The minimum Gasteiger partial charge on any atom is -0.507 e. The zero-order valence-electron chi connectivity index (χ0n) is 13.1. The van der Waals surface area contributed by atoms with Gasteiger partial charge in [0.2, 0.25) is 10.0 Å². The molecule has 0 radical (unpaired) electrons. The monoisotopic (exact) mass is 343 g/mol. The Balaban J connectivity index is 1.92. The lowest BCUT2D eigenvalue weighted by atomic mass is 10.1. The van der Waals surface area contributed by atoms with E-state index in [9.17, 15) is 13.5 Å². The molecular formula is C18H17NO4S. The molecule has 124 valence electrons. The fraction of sp³-hybridized carbons (Fsp3) is 0.111. The molecule has 5 nitrogen and oxygen atoms in total. The van der Waals surface area contributed by atoms with Gasteiger partial charge in [-0.3, -0.25) is 0 Å². The van der Waals surface area contributed by atoms with Crippen molar-refractivity contribution in [3.8, 4) is 11.5 Å². The van der Waals surface area contributed by atoms with Crippen molar-refractivity contribution in [3.05, 3.63) is 66.2 Å². The van der Waals surface area contributed by atoms with Crippen LogP contribution in [0.25, 0.3) is 10.8 Å². The van der Waals surface area contributed by atoms with Crippen molar-refractivity contribution in [2.24, 2.45) is 0 Å². The van der Waals surface area contributed by atoms with E-state index in [0.717, 1.165) is 5.56 Å². The summed E-state index contributed by atoms with van der Waals surface area (Å²) in [6.07, 6.45) is 0. The molecule has 0 unspecified atom stereocenters. The van der Waals surface area contributed by atoms with Gasteiger partial charge in [0, 0.05) is 17.3 Å². The van der Waals surface area contributed by atoms with Gasteiger partial charge in [0.25, 0.3) is 0 Å². The maximum Gasteiger partial charge on any atom is 0.241 e. The number of benzene rings is 3. The van der Waals surface area contributed by atoms with Gasteiger partial charge in [0.15, 0.2) is 0 Å². The molecule has 0 aromatic heterocycles. The molecule has 0 aliphatic heterocycles. The number of sulfonamides is 1. The van der Waals surface area contributed by atoms with Crippen LogP contribution >= 0.6 is 0 Å². The van der Waals surface area contributed by atoms with Crippen LogP contribution in [0, 0.1) is 0 Å². The first-order chi connectivity index (χ1) is 11.5. The number of phenolic OH excluding ortho intramolecular Hbond substituents is 1. The molecule has 0 heterocycles. The van der Waals surface area contributed by atoms with Crippen molar-refractivity contribution in [2.75, 3.05) is 7.11 Å². The van der Waals surface area contributed by atoms with Crippen molar-refractivity contribution >= 4 is 20.8 Å². The molecule has 3 aromatic rings. The topological polar surface area (TPSA) is 75.6 Å². The largest absolute Gasteiger partial charge is 0.507 e. The number of ether oxygens (including phenoxy) is 1. The number of methoxy groups -OCH3 is 1. The molecular weight excluding hydrogens is 326 g/mol. The van der Waals surface area contributed by atoms with Gasteiger partial charge in [-0.2, -0.15) is 0 Å². The van der Waals surface area contributed by atoms with Gasteiger partial charge >= 0.3 is 0 Å². The molecule has 0 spiro atoms. The van der Waals surface area contributed by atoms with Gasteiger partial charge in [0.1, 0.15) is 11.5 Å². The van der Waals surface area contributed by atoms with Gasteiger partial charge in [-0.15, -0.1) is 0 Å². The van der Waals surface area contributed by atoms with Crippen LogP contribution in [0.2, 0.25) is 0 Å². The highest BCUT2D eigenvalue weighted by atomic mass is 32.2. The van der Waals surface area contributed by atoms with Gasteiger partial charge in [0.05, 0.1) is 12.0 Å². The van der Waals surface area contributed by atoms with E-state index in [1.165, 1.54) is 12.1 Å². The predicted octanol–water partition coefficient (Wildman–Crippen LogP) is 3.03. The number of rotatable bonds is 5. The van der Waals surface area contributed by atoms with Crippen molar-refractivity contribution in [1.29, 1.82) is 0 Å². The second-order valence-electron chi connectivity index (χ2n) is 5.30. The first kappa shape index (κ1) is 16.3. The second kappa shape index (κ2) is 6.51. The summed E-state index contributed by atoms with van der Waals surface area (Å²) < 4.78 is 33.0. The van der Waals surface area contributed by atoms with Gasteiger partial charge in [-0.25, -0.2) is 13.1 Å². The number of aromatic hydroxyl groups is 1. The normalized spacial score (nSPS) is 11.5. The Labute approximate surface area is 140 Å². The average Bonchev–Trinajstić information content (AvgIpc) is 2.60. The van der Waals surface area contributed by atoms with Crippen LogP contribution in [0.1, 0.15) is 5.56 Å². The van der Waals surface area contributed by atoms with Gasteiger partial charge < -0.3 is 9.84 Å². The highest BCUT2D eigenvalue weighted by molar-refractivity contribution is 7.89. The Morgan fingerprint density at radius 2 is 1.71 bits per heavy atom. The fourth-order valence-corrected chi connectivity index (χ4v) is 3.77. The third-order valence-corrected chi connectivity index (χ3v) is 5.21. The highest BCUT2D eigenvalue weighted by Gasteiger charge is 2.17. The number of phenols is 1. The number of nitrogens with one attached hydrogen (secondary N) is 1. The van der Waals surface area contributed by atoms with E-state index in [2.05, 4.69) is 4.72 Å². The number of hydrogen-bond acceptors (Lipinski definition) is 4. The first-order valence-corrected chi connectivity index (χ1v) is 8.83. The van der Waals surface area contributed by atoms with Crippen LogP contribution in [0.3, 0.4) is 0 Å². The van der Waals surface area contributed by atoms with Crippen LogP contribution in [-0.4, -0.2) is 20.6 Å². The Bertz CT molecular complexity index is 983. The molecule has 0 aliphatic rings. The van der Waals surface area contributed by atoms with E-state index in [1.807, 2.05) is 6.07 Å². The summed E-state index contributed by atoms with van der Waals surface area (Å²) >= 11 is 0. The molecule has 3 rings (SSSR count). The van der Waals surface area contributed by atoms with E-state index in [0.29, 0.717) is 16.5 Å². The van der Waals surface area contributed by atoms with E-state index >= 15 is 0 Å². The Hall–Kier alpha value is -2.57. The highest BCUT2D eigenvalue weighted by Crippen LogP contribution is 2.29. The van der Waals surface area contributed by atoms with Crippen molar-refractivity contribution < 1.29 is 18.3 Å². The lowest BCUT2D eigenvalue weighted by Gasteiger charge is -2.11. The van der Waals surface area contributed by atoms with Gasteiger partial charge in [-0.05, 0) is 29.8 Å². The van der Waals surface area contributed by atoms with E-state index in [-0.39, 0.29) is 17.2 Å². The molecule has 0 bridgehead atoms. The smallest absolute Gasteiger partial charge is 0.241 e. The third-order valence-electron chi connectivity index (χ3n) is 3.75. The number of fused-ring (bicyclic) bond motifs is 1. The molecule has 2 N–H and O–H groups in total. The van der Waals surface area contributed by atoms with Crippen LogP contribution in [0.15, 0.2) is 65.6 Å². The summed E-state index contributed by atoms with van der Waals surface area (Å²) in [4.78, 5) is 0.138. The molecule has 6 heteroatoms. The van der Waals surface area contributed by atoms with Crippen LogP contribution in [0.4, 0.5) is 0 Å². The van der Waals surface area contributed by atoms with Crippen molar-refractivity contribution in [3.63, 3.8) is 0 Å².